The molecule has 0 saturated heterocycles. The monoisotopic (exact) mass is 478 g/mol. The van der Waals surface area contributed by atoms with Crippen LogP contribution in [0.15, 0.2) is 71.0 Å². The number of allylic oxidation sites excluding steroid dienone is 1. The van der Waals surface area contributed by atoms with Gasteiger partial charge in [-0.05, 0) is 36.6 Å². The summed E-state index contributed by atoms with van der Waals surface area (Å²) in [5.41, 5.74) is 3.11. The lowest BCUT2D eigenvalue weighted by molar-refractivity contribution is -0.139. The van der Waals surface area contributed by atoms with Gasteiger partial charge in [-0.3, -0.25) is 0 Å². The number of aromatic carboxylic acids is 1. The number of aromatic nitrogens is 3. The number of ether oxygens (including phenoxy) is 1. The fraction of sp³-hybridized carbons (Fsp3) is 0.280. The summed E-state index contributed by atoms with van der Waals surface area (Å²) in [6.45, 7) is 4.17. The van der Waals surface area contributed by atoms with Crippen molar-refractivity contribution < 1.29 is 19.4 Å². The highest BCUT2D eigenvalue weighted by Gasteiger charge is 2.35. The highest BCUT2D eigenvalue weighted by Crippen LogP contribution is 2.37. The SMILES string of the molecule is CCCCOC(=O)C1=C(C)Nc2nc(SCc3ccccc3)nn2C1c1ccc(C(=O)O)cc1. The van der Waals surface area contributed by atoms with Crippen LogP contribution >= 0.6 is 11.8 Å². The predicted octanol–water partition coefficient (Wildman–Crippen LogP) is 4.90. The van der Waals surface area contributed by atoms with Crippen molar-refractivity contribution >= 4 is 29.6 Å². The Morgan fingerprint density at radius 2 is 1.88 bits per heavy atom. The molecule has 1 aliphatic heterocycles. The van der Waals surface area contributed by atoms with Gasteiger partial charge in [-0.15, -0.1) is 5.10 Å². The molecule has 2 heterocycles. The highest BCUT2D eigenvalue weighted by atomic mass is 32.2. The van der Waals surface area contributed by atoms with Crippen molar-refractivity contribution in [2.75, 3.05) is 11.9 Å². The lowest BCUT2D eigenvalue weighted by Crippen LogP contribution is -2.29. The lowest BCUT2D eigenvalue weighted by Gasteiger charge is -2.28. The molecule has 1 unspecified atom stereocenters. The zero-order valence-corrected chi connectivity index (χ0v) is 19.8. The Hall–Kier alpha value is -3.59. The summed E-state index contributed by atoms with van der Waals surface area (Å²) in [6.07, 6.45) is 1.69. The highest BCUT2D eigenvalue weighted by molar-refractivity contribution is 7.98. The number of rotatable bonds is 9. The number of thioether (sulfide) groups is 1. The first-order chi connectivity index (χ1) is 16.5. The molecule has 9 heteroatoms. The lowest BCUT2D eigenvalue weighted by atomic mass is 9.95. The molecule has 0 spiro atoms. The van der Waals surface area contributed by atoms with Crippen LogP contribution in [-0.2, 0) is 15.3 Å². The van der Waals surface area contributed by atoms with Gasteiger partial charge >= 0.3 is 11.9 Å². The number of carboxylic acids is 1. The smallest absolute Gasteiger partial charge is 0.338 e. The minimum absolute atomic E-state index is 0.170. The molecule has 0 bridgehead atoms. The summed E-state index contributed by atoms with van der Waals surface area (Å²) in [6, 6.07) is 15.9. The maximum atomic E-state index is 13.1. The minimum Gasteiger partial charge on any atom is -0.478 e. The number of carbonyl (C=O) groups is 2. The molecule has 0 saturated carbocycles. The van der Waals surface area contributed by atoms with Gasteiger partial charge in [0.1, 0.15) is 6.04 Å². The van der Waals surface area contributed by atoms with Crippen LogP contribution in [0.1, 0.15) is 54.2 Å². The number of hydrogen-bond acceptors (Lipinski definition) is 7. The third-order valence-corrected chi connectivity index (χ3v) is 6.38. The molecule has 1 atom stereocenters. The number of nitrogens with zero attached hydrogens (tertiary/aromatic N) is 3. The third kappa shape index (κ3) is 5.14. The van der Waals surface area contributed by atoms with Crippen LogP contribution < -0.4 is 5.32 Å². The summed E-state index contributed by atoms with van der Waals surface area (Å²) in [5, 5.41) is 17.7. The van der Waals surface area contributed by atoms with Gasteiger partial charge in [0.2, 0.25) is 11.1 Å². The summed E-state index contributed by atoms with van der Waals surface area (Å²) < 4.78 is 7.21. The fourth-order valence-electron chi connectivity index (χ4n) is 3.68. The van der Waals surface area contributed by atoms with Crippen molar-refractivity contribution in [1.82, 2.24) is 14.8 Å². The largest absolute Gasteiger partial charge is 0.478 e. The molecule has 0 aliphatic carbocycles. The van der Waals surface area contributed by atoms with E-state index in [1.54, 1.807) is 16.8 Å². The van der Waals surface area contributed by atoms with Crippen LogP contribution in [0.5, 0.6) is 0 Å². The number of nitrogens with one attached hydrogen (secondary N) is 1. The molecule has 4 rings (SSSR count). The molecule has 2 N–H and O–H groups in total. The van der Waals surface area contributed by atoms with Crippen LogP contribution in [0.3, 0.4) is 0 Å². The standard InChI is InChI=1S/C25H26N4O4S/c1-3-4-14-33-23(32)20-16(2)26-24-27-25(34-15-17-8-6-5-7-9-17)28-29(24)21(20)18-10-12-19(13-11-18)22(30)31/h5-13,21H,3-4,14-15H2,1-2H3,(H,30,31)(H,26,27,28). The van der Waals surface area contributed by atoms with Crippen molar-refractivity contribution in [2.45, 2.75) is 43.6 Å². The Labute approximate surface area is 202 Å². The zero-order chi connectivity index (χ0) is 24.1. The van der Waals surface area contributed by atoms with Gasteiger partial charge in [0, 0.05) is 11.4 Å². The van der Waals surface area contributed by atoms with E-state index in [0.29, 0.717) is 34.7 Å². The van der Waals surface area contributed by atoms with Crippen LogP contribution in [0, 0.1) is 0 Å². The number of hydrogen-bond donors (Lipinski definition) is 2. The Morgan fingerprint density at radius 3 is 2.56 bits per heavy atom. The van der Waals surface area contributed by atoms with Gasteiger partial charge in [0.05, 0.1) is 17.7 Å². The number of benzene rings is 2. The van der Waals surface area contributed by atoms with E-state index in [4.69, 9.17) is 9.84 Å². The van der Waals surface area contributed by atoms with Crippen LogP contribution in [0.4, 0.5) is 5.95 Å². The average Bonchev–Trinajstić information content (AvgIpc) is 3.25. The van der Waals surface area contributed by atoms with E-state index in [0.717, 1.165) is 24.0 Å². The van der Waals surface area contributed by atoms with Crippen molar-refractivity contribution in [1.29, 1.82) is 0 Å². The normalized spacial score (nSPS) is 14.9. The van der Waals surface area contributed by atoms with E-state index in [1.807, 2.05) is 44.2 Å². The van der Waals surface area contributed by atoms with Gasteiger partial charge < -0.3 is 15.2 Å². The second-order valence-electron chi connectivity index (χ2n) is 7.92. The maximum absolute atomic E-state index is 13.1. The minimum atomic E-state index is -1.01. The Morgan fingerprint density at radius 1 is 1.15 bits per heavy atom. The number of esters is 1. The van der Waals surface area contributed by atoms with E-state index in [-0.39, 0.29) is 5.56 Å². The Balaban J connectivity index is 1.68. The van der Waals surface area contributed by atoms with Crippen LogP contribution in [0.2, 0.25) is 0 Å². The first-order valence-electron chi connectivity index (χ1n) is 11.1. The van der Waals surface area contributed by atoms with E-state index in [2.05, 4.69) is 10.3 Å². The third-order valence-electron chi connectivity index (χ3n) is 5.47. The maximum Gasteiger partial charge on any atom is 0.338 e. The summed E-state index contributed by atoms with van der Waals surface area (Å²) >= 11 is 1.50. The van der Waals surface area contributed by atoms with Crippen molar-refractivity contribution in [3.8, 4) is 0 Å². The second-order valence-corrected chi connectivity index (χ2v) is 8.86. The average molecular weight is 479 g/mol. The topological polar surface area (TPSA) is 106 Å². The first-order valence-corrected chi connectivity index (χ1v) is 12.1. The van der Waals surface area contributed by atoms with E-state index >= 15 is 0 Å². The van der Waals surface area contributed by atoms with Gasteiger partial charge in [0.15, 0.2) is 0 Å². The van der Waals surface area contributed by atoms with E-state index in [9.17, 15) is 14.7 Å². The first kappa shape index (κ1) is 23.6. The fourth-order valence-corrected chi connectivity index (χ4v) is 4.47. The number of fused-ring (bicyclic) bond motifs is 1. The van der Waals surface area contributed by atoms with E-state index < -0.39 is 18.0 Å². The summed E-state index contributed by atoms with van der Waals surface area (Å²) in [4.78, 5) is 29.0. The molecule has 176 valence electrons. The van der Waals surface area contributed by atoms with Gasteiger partial charge in [-0.25, -0.2) is 14.3 Å². The van der Waals surface area contributed by atoms with Crippen LogP contribution in [-0.4, -0.2) is 38.4 Å². The quantitative estimate of drug-likeness (QED) is 0.254. The van der Waals surface area contributed by atoms with Crippen molar-refractivity contribution in [3.63, 3.8) is 0 Å². The summed E-state index contributed by atoms with van der Waals surface area (Å²) in [7, 11) is 0. The number of unbranched alkanes of at least 4 members (excludes halogenated alkanes) is 1. The number of carboxylic acid groups (broad SMARTS) is 1. The molecule has 2 aromatic carbocycles. The van der Waals surface area contributed by atoms with Crippen molar-refractivity contribution in [3.05, 3.63) is 82.6 Å². The van der Waals surface area contributed by atoms with E-state index in [1.165, 1.54) is 23.9 Å². The molecule has 3 aromatic rings. The van der Waals surface area contributed by atoms with Gasteiger partial charge in [0.25, 0.3) is 0 Å². The van der Waals surface area contributed by atoms with Crippen molar-refractivity contribution in [2.24, 2.45) is 0 Å². The number of anilines is 1. The molecule has 0 radical (unpaired) electrons. The second kappa shape index (κ2) is 10.6. The van der Waals surface area contributed by atoms with Gasteiger partial charge in [-0.2, -0.15) is 4.98 Å². The predicted molar refractivity (Wildman–Crippen MR) is 130 cm³/mol. The summed E-state index contributed by atoms with van der Waals surface area (Å²) in [5.74, 6) is -0.208. The number of carbonyl (C=O) groups excluding carboxylic acids is 1. The molecule has 8 nitrogen and oxygen atoms in total. The Kier molecular flexibility index (Phi) is 7.32. The van der Waals surface area contributed by atoms with Gasteiger partial charge in [-0.1, -0.05) is 67.6 Å². The molecule has 0 amide bonds. The zero-order valence-electron chi connectivity index (χ0n) is 19.0. The molecule has 1 aromatic heterocycles. The molecular weight excluding hydrogens is 452 g/mol. The molecule has 1 aliphatic rings. The molecule has 34 heavy (non-hydrogen) atoms. The molecular formula is C25H26N4O4S. The molecule has 0 fully saturated rings. The Bertz CT molecular complexity index is 1210. The van der Waals surface area contributed by atoms with Crippen LogP contribution in [0.25, 0.3) is 0 Å².